The zero-order valence-corrected chi connectivity index (χ0v) is 9.88. The van der Waals surface area contributed by atoms with Crippen LogP contribution in [0.3, 0.4) is 0 Å². The third-order valence-electron chi connectivity index (χ3n) is 2.48. The van der Waals surface area contributed by atoms with Gasteiger partial charge in [0.15, 0.2) is 0 Å². The van der Waals surface area contributed by atoms with Crippen molar-refractivity contribution in [3.63, 3.8) is 0 Å². The van der Waals surface area contributed by atoms with Crippen LogP contribution < -0.4 is 5.32 Å². The third kappa shape index (κ3) is 2.49. The summed E-state index contributed by atoms with van der Waals surface area (Å²) in [4.78, 5) is 11.7. The number of carbonyl (C=O) groups excluding carboxylic acids is 1. The van der Waals surface area contributed by atoms with Gasteiger partial charge in [-0.2, -0.15) is 11.3 Å². The second kappa shape index (κ2) is 4.94. The average molecular weight is 231 g/mol. The van der Waals surface area contributed by atoms with Crippen LogP contribution in [0.2, 0.25) is 0 Å². The Kier molecular flexibility index (Phi) is 3.37. The lowest BCUT2D eigenvalue weighted by Gasteiger charge is -2.06. The lowest BCUT2D eigenvalue weighted by Crippen LogP contribution is -2.22. The van der Waals surface area contributed by atoms with E-state index in [9.17, 15) is 4.79 Å². The van der Waals surface area contributed by atoms with Crippen LogP contribution in [-0.2, 0) is 6.54 Å². The SMILES string of the molecule is Cc1ccccc1CNC(=O)c1ccsc1. The first-order chi connectivity index (χ1) is 7.77. The van der Waals surface area contributed by atoms with Gasteiger partial charge in [-0.3, -0.25) is 4.79 Å². The van der Waals surface area contributed by atoms with Gasteiger partial charge in [0.2, 0.25) is 0 Å². The maximum Gasteiger partial charge on any atom is 0.252 e. The highest BCUT2D eigenvalue weighted by Gasteiger charge is 2.05. The highest BCUT2D eigenvalue weighted by Crippen LogP contribution is 2.08. The molecular weight excluding hydrogens is 218 g/mol. The quantitative estimate of drug-likeness (QED) is 0.864. The fourth-order valence-electron chi connectivity index (χ4n) is 1.48. The van der Waals surface area contributed by atoms with Gasteiger partial charge in [0.25, 0.3) is 5.91 Å². The zero-order valence-electron chi connectivity index (χ0n) is 9.07. The van der Waals surface area contributed by atoms with E-state index in [0.29, 0.717) is 6.54 Å². The van der Waals surface area contributed by atoms with Crippen molar-refractivity contribution in [3.05, 3.63) is 57.8 Å². The maximum absolute atomic E-state index is 11.7. The number of aryl methyl sites for hydroxylation is 1. The number of amides is 1. The molecule has 82 valence electrons. The fourth-order valence-corrected chi connectivity index (χ4v) is 2.12. The van der Waals surface area contributed by atoms with E-state index in [4.69, 9.17) is 0 Å². The molecular formula is C13H13NOS. The van der Waals surface area contributed by atoms with Crippen LogP contribution in [0.1, 0.15) is 21.5 Å². The second-order valence-electron chi connectivity index (χ2n) is 3.62. The standard InChI is InChI=1S/C13H13NOS/c1-10-4-2-3-5-11(10)8-14-13(15)12-6-7-16-9-12/h2-7,9H,8H2,1H3,(H,14,15). The molecule has 16 heavy (non-hydrogen) atoms. The van der Waals surface area contributed by atoms with Crippen molar-refractivity contribution in [3.8, 4) is 0 Å². The number of carbonyl (C=O) groups is 1. The molecule has 0 radical (unpaired) electrons. The number of nitrogens with one attached hydrogen (secondary N) is 1. The van der Waals surface area contributed by atoms with Crippen molar-refractivity contribution in [2.24, 2.45) is 0 Å². The molecule has 1 aromatic heterocycles. The first kappa shape index (κ1) is 10.9. The first-order valence-corrected chi connectivity index (χ1v) is 6.06. The number of thiophene rings is 1. The lowest BCUT2D eigenvalue weighted by molar-refractivity contribution is 0.0951. The van der Waals surface area contributed by atoms with Crippen LogP contribution in [0.15, 0.2) is 41.1 Å². The smallest absolute Gasteiger partial charge is 0.252 e. The van der Waals surface area contributed by atoms with E-state index in [1.54, 1.807) is 0 Å². The Bertz CT molecular complexity index is 476. The molecule has 1 aromatic carbocycles. The van der Waals surface area contributed by atoms with Gasteiger partial charge in [0.05, 0.1) is 0 Å². The van der Waals surface area contributed by atoms with Crippen LogP contribution in [0.5, 0.6) is 0 Å². The van der Waals surface area contributed by atoms with Crippen LogP contribution in [0, 0.1) is 6.92 Å². The topological polar surface area (TPSA) is 29.1 Å². The fraction of sp³-hybridized carbons (Fsp3) is 0.154. The minimum Gasteiger partial charge on any atom is -0.348 e. The van der Waals surface area contributed by atoms with Crippen LogP contribution >= 0.6 is 11.3 Å². The number of hydrogen-bond acceptors (Lipinski definition) is 2. The summed E-state index contributed by atoms with van der Waals surface area (Å²) in [5.41, 5.74) is 3.10. The maximum atomic E-state index is 11.7. The molecule has 0 fully saturated rings. The Balaban J connectivity index is 1.98. The van der Waals surface area contributed by atoms with Gasteiger partial charge in [-0.05, 0) is 29.5 Å². The summed E-state index contributed by atoms with van der Waals surface area (Å²) >= 11 is 1.53. The van der Waals surface area contributed by atoms with Gasteiger partial charge >= 0.3 is 0 Å². The predicted octanol–water partition coefficient (Wildman–Crippen LogP) is 2.99. The van der Waals surface area contributed by atoms with E-state index >= 15 is 0 Å². The van der Waals surface area contributed by atoms with E-state index in [2.05, 4.69) is 5.32 Å². The molecule has 0 saturated heterocycles. The highest BCUT2D eigenvalue weighted by molar-refractivity contribution is 7.08. The Morgan fingerprint density at radius 2 is 2.12 bits per heavy atom. The molecule has 0 aliphatic heterocycles. The van der Waals surface area contributed by atoms with Crippen LogP contribution in [0.25, 0.3) is 0 Å². The molecule has 2 rings (SSSR count). The van der Waals surface area contributed by atoms with Gasteiger partial charge in [0, 0.05) is 17.5 Å². The monoisotopic (exact) mass is 231 g/mol. The molecule has 0 spiro atoms. The van der Waals surface area contributed by atoms with E-state index in [1.807, 2.05) is 48.0 Å². The number of rotatable bonds is 3. The van der Waals surface area contributed by atoms with Crippen molar-refractivity contribution < 1.29 is 4.79 Å². The Morgan fingerprint density at radius 3 is 2.81 bits per heavy atom. The minimum atomic E-state index is -0.00972. The van der Waals surface area contributed by atoms with Crippen molar-refractivity contribution in [2.75, 3.05) is 0 Å². The summed E-state index contributed by atoms with van der Waals surface area (Å²) in [6.07, 6.45) is 0. The van der Waals surface area contributed by atoms with Gasteiger partial charge in [-0.1, -0.05) is 24.3 Å². The van der Waals surface area contributed by atoms with Crippen LogP contribution in [0.4, 0.5) is 0 Å². The molecule has 3 heteroatoms. The third-order valence-corrected chi connectivity index (χ3v) is 3.17. The molecule has 0 aliphatic carbocycles. The molecule has 2 aromatic rings. The van der Waals surface area contributed by atoms with E-state index < -0.39 is 0 Å². The first-order valence-electron chi connectivity index (χ1n) is 5.12. The van der Waals surface area contributed by atoms with Gasteiger partial charge in [-0.15, -0.1) is 0 Å². The second-order valence-corrected chi connectivity index (χ2v) is 4.40. The molecule has 0 atom stereocenters. The summed E-state index contributed by atoms with van der Waals surface area (Å²) in [6.45, 7) is 2.63. The van der Waals surface area contributed by atoms with Gasteiger partial charge in [-0.25, -0.2) is 0 Å². The molecule has 2 nitrogen and oxygen atoms in total. The minimum absolute atomic E-state index is 0.00972. The molecule has 1 heterocycles. The summed E-state index contributed by atoms with van der Waals surface area (Å²) in [6, 6.07) is 9.89. The van der Waals surface area contributed by atoms with Crippen molar-refractivity contribution in [2.45, 2.75) is 13.5 Å². The molecule has 0 aliphatic rings. The largest absolute Gasteiger partial charge is 0.348 e. The molecule has 0 unspecified atom stereocenters. The summed E-state index contributed by atoms with van der Waals surface area (Å²) < 4.78 is 0. The lowest BCUT2D eigenvalue weighted by atomic mass is 10.1. The average Bonchev–Trinajstić information content (AvgIpc) is 2.81. The van der Waals surface area contributed by atoms with E-state index in [1.165, 1.54) is 16.9 Å². The summed E-state index contributed by atoms with van der Waals surface area (Å²) in [5.74, 6) is -0.00972. The van der Waals surface area contributed by atoms with Gasteiger partial charge in [0.1, 0.15) is 0 Å². The molecule has 0 saturated carbocycles. The van der Waals surface area contributed by atoms with Gasteiger partial charge < -0.3 is 5.32 Å². The highest BCUT2D eigenvalue weighted by atomic mass is 32.1. The number of benzene rings is 1. The van der Waals surface area contributed by atoms with Crippen LogP contribution in [-0.4, -0.2) is 5.91 Å². The van der Waals surface area contributed by atoms with Crippen molar-refractivity contribution in [1.82, 2.24) is 5.32 Å². The summed E-state index contributed by atoms with van der Waals surface area (Å²) in [5, 5.41) is 6.67. The number of hydrogen-bond donors (Lipinski definition) is 1. The summed E-state index contributed by atoms with van der Waals surface area (Å²) in [7, 11) is 0. The molecule has 1 amide bonds. The van der Waals surface area contributed by atoms with E-state index in [-0.39, 0.29) is 5.91 Å². The Hall–Kier alpha value is -1.61. The predicted molar refractivity (Wildman–Crippen MR) is 66.7 cm³/mol. The van der Waals surface area contributed by atoms with E-state index in [0.717, 1.165) is 11.1 Å². The van der Waals surface area contributed by atoms with Crippen molar-refractivity contribution >= 4 is 17.2 Å². The van der Waals surface area contributed by atoms with Crippen molar-refractivity contribution in [1.29, 1.82) is 0 Å². The Morgan fingerprint density at radius 1 is 1.31 bits per heavy atom. The molecule has 0 bridgehead atoms. The molecule has 1 N–H and O–H groups in total. The zero-order chi connectivity index (χ0) is 11.4. The normalized spacial score (nSPS) is 10.1. The Labute approximate surface area is 98.9 Å².